The molecule has 3 aromatic carbocycles. The number of carbonyl (C=O) groups is 1. The Hall–Kier alpha value is -3.27. The fraction of sp³-hybridized carbons (Fsp3) is 0.174. The van der Waals surface area contributed by atoms with Crippen LogP contribution in [0.4, 0.5) is 5.69 Å². The predicted molar refractivity (Wildman–Crippen MR) is 108 cm³/mol. The summed E-state index contributed by atoms with van der Waals surface area (Å²) in [6.45, 7) is 2.55. The molecule has 0 fully saturated rings. The second-order valence-electron chi connectivity index (χ2n) is 6.62. The number of rotatable bonds is 6. The average molecular weight is 359 g/mol. The minimum Gasteiger partial charge on any atom is -0.494 e. The first-order valence-corrected chi connectivity index (χ1v) is 9.10. The van der Waals surface area contributed by atoms with Gasteiger partial charge in [0.25, 0.3) is 0 Å². The summed E-state index contributed by atoms with van der Waals surface area (Å²) in [6.07, 6.45) is 1.07. The minimum absolute atomic E-state index is 0.0297. The summed E-state index contributed by atoms with van der Waals surface area (Å²) in [5.74, 6) is 0.800. The molecule has 0 aliphatic heterocycles. The molecule has 4 nitrogen and oxygen atoms in total. The zero-order valence-electron chi connectivity index (χ0n) is 15.2. The number of benzene rings is 3. The summed E-state index contributed by atoms with van der Waals surface area (Å²) < 4.78 is 11.5. The standard InChI is InChI=1S/C23H21NO3/c1-16-8-11-18(12-9-16)26-14-4-7-23(25)24-17-10-13-20-19-5-2-3-6-21(19)27-22(20)15-17/h2-3,5-6,8-13,15H,4,7,14H2,1H3,(H,24,25). The van der Waals surface area contributed by atoms with Crippen molar-refractivity contribution < 1.29 is 13.9 Å². The molecule has 4 heteroatoms. The van der Waals surface area contributed by atoms with Crippen molar-refractivity contribution in [3.05, 3.63) is 72.3 Å². The average Bonchev–Trinajstić information content (AvgIpc) is 3.04. The Kier molecular flexibility index (Phi) is 4.79. The Morgan fingerprint density at radius 2 is 1.74 bits per heavy atom. The second-order valence-corrected chi connectivity index (χ2v) is 6.62. The van der Waals surface area contributed by atoms with Gasteiger partial charge >= 0.3 is 0 Å². The molecule has 0 aliphatic rings. The number of aryl methyl sites for hydroxylation is 1. The van der Waals surface area contributed by atoms with E-state index in [9.17, 15) is 4.79 Å². The van der Waals surface area contributed by atoms with Crippen molar-refractivity contribution >= 4 is 33.5 Å². The molecular formula is C23H21NO3. The van der Waals surface area contributed by atoms with Crippen LogP contribution in [0.25, 0.3) is 21.9 Å². The van der Waals surface area contributed by atoms with Gasteiger partial charge in [0, 0.05) is 28.9 Å². The second kappa shape index (κ2) is 7.54. The van der Waals surface area contributed by atoms with Gasteiger partial charge in [-0.25, -0.2) is 0 Å². The van der Waals surface area contributed by atoms with E-state index in [1.165, 1.54) is 5.56 Å². The SMILES string of the molecule is Cc1ccc(OCCCC(=O)Nc2ccc3c(c2)oc2ccccc23)cc1. The van der Waals surface area contributed by atoms with Crippen LogP contribution in [-0.2, 0) is 4.79 Å². The molecule has 0 saturated heterocycles. The maximum Gasteiger partial charge on any atom is 0.224 e. The van der Waals surface area contributed by atoms with Crippen molar-refractivity contribution in [3.8, 4) is 5.75 Å². The molecule has 0 aliphatic carbocycles. The van der Waals surface area contributed by atoms with Gasteiger partial charge in [0.2, 0.25) is 5.91 Å². The summed E-state index contributed by atoms with van der Waals surface area (Å²) in [6, 6.07) is 21.6. The highest BCUT2D eigenvalue weighted by molar-refractivity contribution is 6.06. The fourth-order valence-corrected chi connectivity index (χ4v) is 3.08. The van der Waals surface area contributed by atoms with Gasteiger partial charge in [-0.15, -0.1) is 0 Å². The molecule has 0 unspecified atom stereocenters. The van der Waals surface area contributed by atoms with Crippen molar-refractivity contribution in [3.63, 3.8) is 0 Å². The number of nitrogens with one attached hydrogen (secondary N) is 1. The molecule has 4 rings (SSSR count). The van der Waals surface area contributed by atoms with Crippen LogP contribution in [0.15, 0.2) is 71.1 Å². The Balaban J connectivity index is 1.32. The number of fused-ring (bicyclic) bond motifs is 3. The topological polar surface area (TPSA) is 51.5 Å². The monoisotopic (exact) mass is 359 g/mol. The molecule has 1 N–H and O–H groups in total. The predicted octanol–water partition coefficient (Wildman–Crippen LogP) is 5.69. The van der Waals surface area contributed by atoms with E-state index in [1.54, 1.807) is 0 Å². The van der Waals surface area contributed by atoms with Crippen LogP contribution < -0.4 is 10.1 Å². The highest BCUT2D eigenvalue weighted by Crippen LogP contribution is 2.30. The lowest BCUT2D eigenvalue weighted by molar-refractivity contribution is -0.116. The Bertz CT molecular complexity index is 1080. The third-order valence-corrected chi connectivity index (χ3v) is 4.50. The first-order valence-electron chi connectivity index (χ1n) is 9.10. The molecule has 0 saturated carbocycles. The van der Waals surface area contributed by atoms with Crippen molar-refractivity contribution in [1.82, 2.24) is 0 Å². The van der Waals surface area contributed by atoms with Crippen molar-refractivity contribution in [2.45, 2.75) is 19.8 Å². The lowest BCUT2D eigenvalue weighted by Gasteiger charge is -2.07. The van der Waals surface area contributed by atoms with E-state index >= 15 is 0 Å². The highest BCUT2D eigenvalue weighted by Gasteiger charge is 2.08. The summed E-state index contributed by atoms with van der Waals surface area (Å²) in [5.41, 5.74) is 3.56. The van der Waals surface area contributed by atoms with Crippen molar-refractivity contribution in [2.75, 3.05) is 11.9 Å². The Morgan fingerprint density at radius 3 is 2.59 bits per heavy atom. The third-order valence-electron chi connectivity index (χ3n) is 4.50. The number of ether oxygens (including phenoxy) is 1. The Labute approximate surface area is 157 Å². The highest BCUT2D eigenvalue weighted by atomic mass is 16.5. The molecule has 1 aromatic heterocycles. The molecule has 27 heavy (non-hydrogen) atoms. The van der Waals surface area contributed by atoms with Crippen LogP contribution in [-0.4, -0.2) is 12.5 Å². The normalized spacial score (nSPS) is 11.0. The summed E-state index contributed by atoms with van der Waals surface area (Å²) in [4.78, 5) is 12.2. The molecule has 0 radical (unpaired) electrons. The first kappa shape index (κ1) is 17.2. The molecule has 1 amide bonds. The van der Waals surface area contributed by atoms with E-state index in [-0.39, 0.29) is 5.91 Å². The lowest BCUT2D eigenvalue weighted by Crippen LogP contribution is -2.12. The third kappa shape index (κ3) is 3.95. The van der Waals surface area contributed by atoms with E-state index < -0.39 is 0 Å². The van der Waals surface area contributed by atoms with Crippen molar-refractivity contribution in [1.29, 1.82) is 0 Å². The molecule has 0 spiro atoms. The quantitative estimate of drug-likeness (QED) is 0.450. The van der Waals surface area contributed by atoms with Gasteiger partial charge in [-0.05, 0) is 43.7 Å². The van der Waals surface area contributed by atoms with Crippen LogP contribution in [0.1, 0.15) is 18.4 Å². The van der Waals surface area contributed by atoms with E-state index in [2.05, 4.69) is 5.32 Å². The number of carbonyl (C=O) groups excluding carboxylic acids is 1. The van der Waals surface area contributed by atoms with Gasteiger partial charge in [0.05, 0.1) is 6.61 Å². The van der Waals surface area contributed by atoms with Gasteiger partial charge < -0.3 is 14.5 Å². The maximum atomic E-state index is 12.2. The Morgan fingerprint density at radius 1 is 0.963 bits per heavy atom. The van der Waals surface area contributed by atoms with Gasteiger partial charge in [-0.3, -0.25) is 4.79 Å². The summed E-state index contributed by atoms with van der Waals surface area (Å²) in [5, 5.41) is 5.06. The number of amides is 1. The van der Waals surface area contributed by atoms with E-state index in [0.29, 0.717) is 19.4 Å². The van der Waals surface area contributed by atoms with Crippen LogP contribution in [0.3, 0.4) is 0 Å². The van der Waals surface area contributed by atoms with Crippen LogP contribution in [0.5, 0.6) is 5.75 Å². The lowest BCUT2D eigenvalue weighted by atomic mass is 10.1. The van der Waals surface area contributed by atoms with Gasteiger partial charge in [0.1, 0.15) is 16.9 Å². The molecule has 0 atom stereocenters. The smallest absolute Gasteiger partial charge is 0.224 e. The van der Waals surface area contributed by atoms with E-state index in [0.717, 1.165) is 33.4 Å². The molecular weight excluding hydrogens is 338 g/mol. The number of para-hydroxylation sites is 1. The number of anilines is 1. The summed E-state index contributed by atoms with van der Waals surface area (Å²) >= 11 is 0. The van der Waals surface area contributed by atoms with Gasteiger partial charge in [-0.2, -0.15) is 0 Å². The molecule has 1 heterocycles. The molecule has 0 bridgehead atoms. The minimum atomic E-state index is -0.0297. The zero-order valence-corrected chi connectivity index (χ0v) is 15.2. The molecule has 136 valence electrons. The largest absolute Gasteiger partial charge is 0.494 e. The summed E-state index contributed by atoms with van der Waals surface area (Å²) in [7, 11) is 0. The number of hydrogen-bond acceptors (Lipinski definition) is 3. The first-order chi connectivity index (χ1) is 13.2. The van der Waals surface area contributed by atoms with Gasteiger partial charge in [0.15, 0.2) is 0 Å². The van der Waals surface area contributed by atoms with Crippen LogP contribution >= 0.6 is 0 Å². The number of hydrogen-bond donors (Lipinski definition) is 1. The molecule has 4 aromatic rings. The van der Waals surface area contributed by atoms with Crippen LogP contribution in [0, 0.1) is 6.92 Å². The van der Waals surface area contributed by atoms with Gasteiger partial charge in [-0.1, -0.05) is 35.9 Å². The number of furan rings is 1. The fourth-order valence-electron chi connectivity index (χ4n) is 3.08. The zero-order chi connectivity index (χ0) is 18.6. The maximum absolute atomic E-state index is 12.2. The van der Waals surface area contributed by atoms with Crippen molar-refractivity contribution in [2.24, 2.45) is 0 Å². The van der Waals surface area contributed by atoms with Crippen LogP contribution in [0.2, 0.25) is 0 Å². The van der Waals surface area contributed by atoms with E-state index in [4.69, 9.17) is 9.15 Å². The van der Waals surface area contributed by atoms with E-state index in [1.807, 2.05) is 73.7 Å².